The predicted octanol–water partition coefficient (Wildman–Crippen LogP) is 3.65. The summed E-state index contributed by atoms with van der Waals surface area (Å²) in [5.74, 6) is -0.976. The lowest BCUT2D eigenvalue weighted by atomic mass is 10.1. The summed E-state index contributed by atoms with van der Waals surface area (Å²) in [5.41, 5.74) is 2.18. The highest BCUT2D eigenvalue weighted by atomic mass is 16.5. The number of carbonyl (C=O) groups excluding carboxylic acids is 2. The number of aromatic amines is 2. The first-order valence-electron chi connectivity index (χ1n) is 11.0. The Morgan fingerprint density at radius 2 is 1.81 bits per heavy atom. The van der Waals surface area contributed by atoms with Gasteiger partial charge in [0.1, 0.15) is 11.4 Å². The van der Waals surface area contributed by atoms with Gasteiger partial charge in [-0.05, 0) is 42.5 Å². The Balaban J connectivity index is 1.36. The number of amides is 2. The molecule has 182 valence electrons. The Hall–Kier alpha value is -5.63. The quantitative estimate of drug-likeness (QED) is 0.268. The maximum atomic E-state index is 13.1. The number of benzene rings is 3. The van der Waals surface area contributed by atoms with Gasteiger partial charge in [0.2, 0.25) is 0 Å². The number of hydrogen-bond donors (Lipinski definition) is 4. The standard InChI is InChI=1S/C26H18N6O5/c27-13-15-9-10-19(18(11-15)24-31-26(35)37-32-24)30-25(34)21-12-16-5-4-8-20(23(16)29-21)28-22(33)14-36-17-6-2-1-3-7-17/h1-12,29H,14H2,(H,28,33)(H,30,34)(H,31,32,35). The van der Waals surface area contributed by atoms with Gasteiger partial charge >= 0.3 is 5.76 Å². The van der Waals surface area contributed by atoms with Crippen LogP contribution in [0.25, 0.3) is 22.3 Å². The molecule has 5 aromatic rings. The number of nitrogens with zero attached hydrogens (tertiary/aromatic N) is 2. The third kappa shape index (κ3) is 5.08. The first-order chi connectivity index (χ1) is 18.0. The molecule has 4 N–H and O–H groups in total. The van der Waals surface area contributed by atoms with Gasteiger partial charge in [-0.3, -0.25) is 19.1 Å². The Kier molecular flexibility index (Phi) is 6.21. The summed E-state index contributed by atoms with van der Waals surface area (Å²) in [6.07, 6.45) is 0. The minimum Gasteiger partial charge on any atom is -0.484 e. The van der Waals surface area contributed by atoms with E-state index in [9.17, 15) is 19.6 Å². The molecule has 2 amide bonds. The van der Waals surface area contributed by atoms with Gasteiger partial charge in [0.05, 0.1) is 28.5 Å². The molecule has 0 atom stereocenters. The SMILES string of the molecule is N#Cc1ccc(NC(=O)c2cc3cccc(NC(=O)COc4ccccc4)c3[nH]2)c(-c2noc(=O)[nH]2)c1. The van der Waals surface area contributed by atoms with Crippen LogP contribution in [-0.4, -0.2) is 33.5 Å². The van der Waals surface area contributed by atoms with Gasteiger partial charge in [0.25, 0.3) is 11.8 Å². The van der Waals surface area contributed by atoms with Crippen molar-refractivity contribution in [1.82, 2.24) is 15.1 Å². The molecule has 11 nitrogen and oxygen atoms in total. The molecule has 0 saturated carbocycles. The Bertz CT molecular complexity index is 1710. The van der Waals surface area contributed by atoms with Crippen molar-refractivity contribution >= 4 is 34.1 Å². The van der Waals surface area contributed by atoms with Crippen molar-refractivity contribution in [3.63, 3.8) is 0 Å². The fourth-order valence-corrected chi connectivity index (χ4v) is 3.69. The molecule has 5 rings (SSSR count). The number of ether oxygens (including phenoxy) is 1. The van der Waals surface area contributed by atoms with Crippen LogP contribution in [0.4, 0.5) is 11.4 Å². The highest BCUT2D eigenvalue weighted by Crippen LogP contribution is 2.28. The average molecular weight is 494 g/mol. The number of nitriles is 1. The van der Waals surface area contributed by atoms with Crippen molar-refractivity contribution in [3.05, 3.63) is 94.6 Å². The van der Waals surface area contributed by atoms with E-state index < -0.39 is 11.7 Å². The number of carbonyl (C=O) groups is 2. The zero-order valence-corrected chi connectivity index (χ0v) is 19.1. The number of rotatable bonds is 7. The summed E-state index contributed by atoms with van der Waals surface area (Å²) in [6.45, 7) is -0.180. The Morgan fingerprint density at radius 1 is 0.973 bits per heavy atom. The number of anilines is 2. The van der Waals surface area contributed by atoms with Crippen molar-refractivity contribution in [2.24, 2.45) is 0 Å². The van der Waals surface area contributed by atoms with Crippen LogP contribution in [0, 0.1) is 11.3 Å². The predicted molar refractivity (Wildman–Crippen MR) is 134 cm³/mol. The van der Waals surface area contributed by atoms with Gasteiger partial charge in [-0.15, -0.1) is 0 Å². The zero-order chi connectivity index (χ0) is 25.8. The van der Waals surface area contributed by atoms with Gasteiger partial charge in [0.15, 0.2) is 12.4 Å². The molecule has 0 spiro atoms. The molecule has 0 unspecified atom stereocenters. The largest absolute Gasteiger partial charge is 0.484 e. The van der Waals surface area contributed by atoms with E-state index in [-0.39, 0.29) is 24.0 Å². The van der Waals surface area contributed by atoms with Crippen LogP contribution in [0.15, 0.2) is 82.1 Å². The molecule has 3 aromatic carbocycles. The van der Waals surface area contributed by atoms with Crippen LogP contribution < -0.4 is 21.1 Å². The molecule has 0 bridgehead atoms. The van der Waals surface area contributed by atoms with Crippen molar-refractivity contribution in [3.8, 4) is 23.2 Å². The molecule has 0 saturated heterocycles. The van der Waals surface area contributed by atoms with E-state index in [1.807, 2.05) is 24.3 Å². The maximum Gasteiger partial charge on any atom is 0.439 e. The summed E-state index contributed by atoms with van der Waals surface area (Å²) in [6, 6.07) is 22.4. The molecule has 2 aromatic heterocycles. The summed E-state index contributed by atoms with van der Waals surface area (Å²) in [5, 5.41) is 19.1. The number of fused-ring (bicyclic) bond motifs is 1. The topological polar surface area (TPSA) is 166 Å². The summed E-state index contributed by atoms with van der Waals surface area (Å²) < 4.78 is 10.0. The van der Waals surface area contributed by atoms with E-state index >= 15 is 0 Å². The normalized spacial score (nSPS) is 10.6. The van der Waals surface area contributed by atoms with Crippen molar-refractivity contribution < 1.29 is 18.8 Å². The second kappa shape index (κ2) is 9.93. The number of aromatic nitrogens is 3. The number of nitrogens with one attached hydrogen (secondary N) is 4. The molecular formula is C26H18N6O5. The lowest BCUT2D eigenvalue weighted by Gasteiger charge is -2.09. The molecule has 0 radical (unpaired) electrons. The first kappa shape index (κ1) is 23.1. The molecule has 2 heterocycles. The van der Waals surface area contributed by atoms with Gasteiger partial charge in [-0.25, -0.2) is 4.79 Å². The molecule has 0 aliphatic heterocycles. The van der Waals surface area contributed by atoms with Crippen molar-refractivity contribution in [2.75, 3.05) is 17.2 Å². The van der Waals surface area contributed by atoms with Gasteiger partial charge in [0, 0.05) is 10.9 Å². The maximum absolute atomic E-state index is 13.1. The second-order valence-corrected chi connectivity index (χ2v) is 7.87. The fraction of sp³-hybridized carbons (Fsp3) is 0.0385. The van der Waals surface area contributed by atoms with Crippen LogP contribution >= 0.6 is 0 Å². The summed E-state index contributed by atoms with van der Waals surface area (Å²) in [4.78, 5) is 42.4. The Labute approximate surface area is 208 Å². The smallest absolute Gasteiger partial charge is 0.439 e. The first-order valence-corrected chi connectivity index (χ1v) is 11.0. The summed E-state index contributed by atoms with van der Waals surface area (Å²) >= 11 is 0. The number of para-hydroxylation sites is 2. The molecule has 11 heteroatoms. The minimum atomic E-state index is -0.769. The minimum absolute atomic E-state index is 0.0665. The van der Waals surface area contributed by atoms with Crippen LogP contribution in [0.3, 0.4) is 0 Å². The van der Waals surface area contributed by atoms with E-state index in [1.54, 1.807) is 36.4 Å². The van der Waals surface area contributed by atoms with Crippen LogP contribution in [0.5, 0.6) is 5.75 Å². The Morgan fingerprint density at radius 3 is 2.57 bits per heavy atom. The van der Waals surface area contributed by atoms with Gasteiger partial charge < -0.3 is 20.4 Å². The van der Waals surface area contributed by atoms with Gasteiger partial charge in [-0.2, -0.15) is 5.26 Å². The zero-order valence-electron chi connectivity index (χ0n) is 19.1. The van der Waals surface area contributed by atoms with E-state index in [1.165, 1.54) is 18.2 Å². The number of hydrogen-bond acceptors (Lipinski definition) is 7. The number of H-pyrrole nitrogens is 2. The van der Waals surface area contributed by atoms with E-state index in [4.69, 9.17) is 4.74 Å². The van der Waals surface area contributed by atoms with Crippen LogP contribution in [0.2, 0.25) is 0 Å². The van der Waals surface area contributed by atoms with E-state index in [0.29, 0.717) is 39.2 Å². The van der Waals surface area contributed by atoms with Crippen molar-refractivity contribution in [1.29, 1.82) is 5.26 Å². The van der Waals surface area contributed by atoms with Gasteiger partial charge in [-0.1, -0.05) is 35.5 Å². The molecule has 37 heavy (non-hydrogen) atoms. The third-order valence-electron chi connectivity index (χ3n) is 5.38. The highest BCUT2D eigenvalue weighted by Gasteiger charge is 2.17. The molecule has 0 fully saturated rings. The van der Waals surface area contributed by atoms with Crippen LogP contribution in [-0.2, 0) is 4.79 Å². The van der Waals surface area contributed by atoms with Crippen molar-refractivity contribution in [2.45, 2.75) is 0 Å². The molecule has 0 aliphatic rings. The molecular weight excluding hydrogens is 476 g/mol. The summed E-state index contributed by atoms with van der Waals surface area (Å²) in [7, 11) is 0. The average Bonchev–Trinajstić information content (AvgIpc) is 3.55. The van der Waals surface area contributed by atoms with E-state index in [2.05, 4.69) is 30.3 Å². The highest BCUT2D eigenvalue weighted by molar-refractivity contribution is 6.09. The lowest BCUT2D eigenvalue weighted by molar-refractivity contribution is -0.118. The monoisotopic (exact) mass is 494 g/mol. The lowest BCUT2D eigenvalue weighted by Crippen LogP contribution is -2.20. The molecule has 0 aliphatic carbocycles. The van der Waals surface area contributed by atoms with Crippen LogP contribution in [0.1, 0.15) is 16.1 Å². The van der Waals surface area contributed by atoms with E-state index in [0.717, 1.165) is 0 Å². The third-order valence-corrected chi connectivity index (χ3v) is 5.38. The fourth-order valence-electron chi connectivity index (χ4n) is 3.69. The second-order valence-electron chi connectivity index (χ2n) is 7.87.